The zero-order chi connectivity index (χ0) is 31.2. The highest BCUT2D eigenvalue weighted by Crippen LogP contribution is 2.37. The third-order valence-electron chi connectivity index (χ3n) is 9.58. The predicted molar refractivity (Wildman–Crippen MR) is 193 cm³/mol. The summed E-state index contributed by atoms with van der Waals surface area (Å²) in [4.78, 5) is 5.34. The van der Waals surface area contributed by atoms with Crippen LogP contribution in [0.1, 0.15) is 0 Å². The third kappa shape index (κ3) is 3.58. The Bertz CT molecular complexity index is 2730. The van der Waals surface area contributed by atoms with Crippen molar-refractivity contribution >= 4 is 69.1 Å². The van der Waals surface area contributed by atoms with Gasteiger partial charge >= 0.3 is 0 Å². The van der Waals surface area contributed by atoms with Crippen LogP contribution >= 0.6 is 0 Å². The van der Waals surface area contributed by atoms with E-state index in [0.29, 0.717) is 0 Å². The van der Waals surface area contributed by atoms with Gasteiger partial charge in [-0.25, -0.2) is 0 Å². The van der Waals surface area contributed by atoms with Crippen LogP contribution in [0.3, 0.4) is 0 Å². The minimum atomic E-state index is -1.43. The largest absolute Gasteiger partial charge is 0.358 e. The van der Waals surface area contributed by atoms with Gasteiger partial charge in [-0.05, 0) is 46.8 Å². The fraction of sp³-hybridized carbons (Fsp3) is 0.0513. The van der Waals surface area contributed by atoms with E-state index in [1.165, 1.54) is 32.3 Å². The zero-order valence-corrected chi connectivity index (χ0v) is 27.0. The van der Waals surface area contributed by atoms with Crippen LogP contribution in [0, 0.1) is 0 Å². The van der Waals surface area contributed by atoms with Gasteiger partial charge in [0.2, 0.25) is 14.9 Å². The van der Waals surface area contributed by atoms with E-state index in [1.807, 2.05) is 0 Å². The molecule has 10 rings (SSSR count). The Morgan fingerprint density at radius 2 is 1.23 bits per heavy atom. The number of para-hydroxylation sites is 3. The molecule has 8 heteroatoms. The maximum atomic E-state index is 5.34. The van der Waals surface area contributed by atoms with Crippen LogP contribution in [0.5, 0.6) is 0 Å². The summed E-state index contributed by atoms with van der Waals surface area (Å²) < 4.78 is 13.9. The number of aromatic nitrogens is 7. The van der Waals surface area contributed by atoms with Crippen molar-refractivity contribution in [1.29, 1.82) is 0 Å². The molecule has 225 valence electrons. The molecule has 0 N–H and O–H groups in total. The molecule has 0 aliphatic rings. The minimum absolute atomic E-state index is 0.886. The van der Waals surface area contributed by atoms with E-state index in [0.717, 1.165) is 39.6 Å². The molecule has 10 aromatic rings. The summed E-state index contributed by atoms with van der Waals surface area (Å²) in [5.74, 6) is 1.97. The first-order chi connectivity index (χ1) is 23.2. The number of hydrogen-bond acceptors (Lipinski definition) is 1. The normalized spacial score (nSPS) is 12.2. The molecule has 6 aromatic heterocycles. The molecule has 1 radical (unpaired) electrons. The van der Waals surface area contributed by atoms with Gasteiger partial charge in [-0.1, -0.05) is 91.0 Å². The van der Waals surface area contributed by atoms with Crippen LogP contribution < -0.4 is 10.4 Å². The fourth-order valence-corrected chi connectivity index (χ4v) is 10.2. The smallest absolute Gasteiger partial charge is 0.247 e. The number of imidazole rings is 2. The number of rotatable bonds is 5. The summed E-state index contributed by atoms with van der Waals surface area (Å²) in [6.07, 6.45) is 4.18. The van der Waals surface area contributed by atoms with Gasteiger partial charge in [-0.3, -0.25) is 13.5 Å². The van der Waals surface area contributed by atoms with Crippen molar-refractivity contribution in [3.8, 4) is 11.8 Å². The second-order valence-corrected chi connectivity index (χ2v) is 14.5. The van der Waals surface area contributed by atoms with Crippen molar-refractivity contribution < 1.29 is 0 Å². The van der Waals surface area contributed by atoms with E-state index in [2.05, 4.69) is 187 Å². The van der Waals surface area contributed by atoms with Crippen molar-refractivity contribution in [3.05, 3.63) is 146 Å². The molecule has 0 unspecified atom stereocenters. The molecular weight excluding hydrogens is 595 g/mol. The van der Waals surface area contributed by atoms with Gasteiger partial charge in [0.1, 0.15) is 11.5 Å². The highest BCUT2D eigenvalue weighted by atomic mass is 28.3. The van der Waals surface area contributed by atoms with Crippen LogP contribution in [-0.4, -0.2) is 40.8 Å². The lowest BCUT2D eigenvalue weighted by Gasteiger charge is -2.19. The molecular formula is C39H30N7Si. The van der Waals surface area contributed by atoms with E-state index in [9.17, 15) is 0 Å². The monoisotopic (exact) mass is 624 g/mol. The Morgan fingerprint density at radius 1 is 0.574 bits per heavy atom. The van der Waals surface area contributed by atoms with E-state index in [4.69, 9.17) is 4.98 Å². The molecule has 0 aliphatic heterocycles. The summed E-state index contributed by atoms with van der Waals surface area (Å²) in [6.45, 7) is 0. The Kier molecular flexibility index (Phi) is 5.45. The zero-order valence-electron chi connectivity index (χ0n) is 26.0. The van der Waals surface area contributed by atoms with E-state index < -0.39 is 8.96 Å². The van der Waals surface area contributed by atoms with Crippen LogP contribution in [0.4, 0.5) is 0 Å². The lowest BCUT2D eigenvalue weighted by molar-refractivity contribution is 0.847. The van der Waals surface area contributed by atoms with Crippen molar-refractivity contribution in [2.75, 3.05) is 0 Å². The molecule has 0 fully saturated rings. The first-order valence-corrected chi connectivity index (χ1v) is 17.3. The summed E-state index contributed by atoms with van der Waals surface area (Å²) >= 11 is 0. The molecule has 0 spiro atoms. The average Bonchev–Trinajstić information content (AvgIpc) is 3.95. The van der Waals surface area contributed by atoms with Gasteiger partial charge in [0.15, 0.2) is 5.65 Å². The lowest BCUT2D eigenvalue weighted by Crippen LogP contribution is -2.48. The quantitative estimate of drug-likeness (QED) is 0.198. The van der Waals surface area contributed by atoms with Gasteiger partial charge in [0.05, 0.1) is 27.6 Å². The van der Waals surface area contributed by atoms with Gasteiger partial charge in [-0.15, -0.1) is 0 Å². The van der Waals surface area contributed by atoms with Crippen LogP contribution in [0.2, 0.25) is 0 Å². The van der Waals surface area contributed by atoms with Crippen LogP contribution in [0.25, 0.3) is 61.5 Å². The molecule has 0 atom stereocenters. The minimum Gasteiger partial charge on any atom is -0.358 e. The molecule has 0 bridgehead atoms. The van der Waals surface area contributed by atoms with E-state index in [-0.39, 0.29) is 0 Å². The lowest BCUT2D eigenvalue weighted by atomic mass is 10.2. The van der Waals surface area contributed by atoms with Crippen molar-refractivity contribution in [1.82, 2.24) is 31.9 Å². The number of hydrogen-bond donors (Lipinski definition) is 0. The van der Waals surface area contributed by atoms with Crippen LogP contribution in [-0.2, 0) is 14.1 Å². The molecule has 0 aliphatic carbocycles. The Balaban J connectivity index is 1.32. The summed E-state index contributed by atoms with van der Waals surface area (Å²) in [5.41, 5.74) is 9.11. The van der Waals surface area contributed by atoms with Crippen molar-refractivity contribution in [3.63, 3.8) is 0 Å². The van der Waals surface area contributed by atoms with Gasteiger partial charge < -0.3 is 13.4 Å². The number of fused-ring (bicyclic) bond motifs is 8. The second kappa shape index (κ2) is 9.75. The molecule has 0 amide bonds. The molecule has 4 aromatic carbocycles. The van der Waals surface area contributed by atoms with Crippen LogP contribution in [0.15, 0.2) is 146 Å². The summed E-state index contributed by atoms with van der Waals surface area (Å²) in [6, 6.07) is 48.3. The predicted octanol–water partition coefficient (Wildman–Crippen LogP) is 6.66. The standard InChI is InChI=1S/C39H30N7Si/c1-41-24-13-22-35(41)43-25-23-33-38(43)40-39(42(33)2)45-32-21-12-11-20-31(32)44-36(45)26-34-37(44)29-18-9-10-19-30(29)46(34)47(27-14-5-3-6-15-27)28-16-7-4-8-17-28/h3-26H,1-2H3. The number of nitrogens with zero attached hydrogens (tertiary/aromatic N) is 7. The number of benzene rings is 4. The van der Waals surface area contributed by atoms with Gasteiger partial charge in [0.25, 0.3) is 0 Å². The van der Waals surface area contributed by atoms with Crippen molar-refractivity contribution in [2.45, 2.75) is 0 Å². The third-order valence-corrected chi connectivity index (χ3v) is 12.3. The molecule has 0 saturated heterocycles. The summed E-state index contributed by atoms with van der Waals surface area (Å²) in [5, 5.41) is 3.95. The molecule has 0 saturated carbocycles. The maximum Gasteiger partial charge on any atom is 0.247 e. The Morgan fingerprint density at radius 3 is 1.94 bits per heavy atom. The first kappa shape index (κ1) is 26.2. The highest BCUT2D eigenvalue weighted by Gasteiger charge is 2.29. The molecule has 7 nitrogen and oxygen atoms in total. The number of aryl methyl sites for hydroxylation is 2. The molecule has 47 heavy (non-hydrogen) atoms. The Labute approximate surface area is 272 Å². The summed E-state index contributed by atoms with van der Waals surface area (Å²) in [7, 11) is 2.77. The fourth-order valence-electron chi connectivity index (χ4n) is 7.51. The van der Waals surface area contributed by atoms with E-state index >= 15 is 0 Å². The van der Waals surface area contributed by atoms with E-state index in [1.54, 1.807) is 0 Å². The maximum absolute atomic E-state index is 5.34. The average molecular weight is 625 g/mol. The second-order valence-electron chi connectivity index (χ2n) is 12.2. The van der Waals surface area contributed by atoms with Crippen molar-refractivity contribution in [2.24, 2.45) is 14.1 Å². The Hall–Kier alpha value is -5.99. The van der Waals surface area contributed by atoms with Gasteiger partial charge in [0, 0.05) is 43.5 Å². The SMILES string of the molecule is Cn1cccc1-n1ccc2c1nc(-n1c3ccccc3n3c4c5ccccc5n([Si](c5ccccc5)c5ccccc5)c4cc13)n2C. The first-order valence-electron chi connectivity index (χ1n) is 15.9. The molecule has 6 heterocycles. The topological polar surface area (TPSA) is 42.0 Å². The highest BCUT2D eigenvalue weighted by molar-refractivity contribution is 6.85. The van der Waals surface area contributed by atoms with Gasteiger partial charge in [-0.2, -0.15) is 4.98 Å².